The monoisotopic (exact) mass is 377 g/mol. The van der Waals surface area contributed by atoms with Crippen LogP contribution in [-0.4, -0.2) is 13.7 Å². The fraction of sp³-hybridized carbons (Fsp3) is 0.286. The van der Waals surface area contributed by atoms with Crippen molar-refractivity contribution in [2.75, 3.05) is 7.11 Å². The van der Waals surface area contributed by atoms with Gasteiger partial charge in [-0.1, -0.05) is 12.1 Å². The third-order valence-electron chi connectivity index (χ3n) is 2.78. The van der Waals surface area contributed by atoms with Crippen LogP contribution in [0.3, 0.4) is 0 Å². The average Bonchev–Trinajstić information content (AvgIpc) is 2.85. The highest BCUT2D eigenvalue weighted by molar-refractivity contribution is 9.10. The quantitative estimate of drug-likeness (QED) is 0.774. The van der Waals surface area contributed by atoms with Crippen molar-refractivity contribution < 1.29 is 18.3 Å². The van der Waals surface area contributed by atoms with Crippen LogP contribution in [0.1, 0.15) is 10.4 Å². The lowest BCUT2D eigenvalue weighted by Gasteiger charge is -2.14. The zero-order valence-electron chi connectivity index (χ0n) is 11.2. The van der Waals surface area contributed by atoms with Crippen molar-refractivity contribution in [1.29, 1.82) is 0 Å². The molecule has 0 saturated heterocycles. The van der Waals surface area contributed by atoms with E-state index in [9.17, 15) is 8.78 Å². The number of methoxy groups -OCH3 is 1. The van der Waals surface area contributed by atoms with Crippen molar-refractivity contribution in [3.05, 3.63) is 44.6 Å². The minimum absolute atomic E-state index is 0.0766. The Morgan fingerprint density at radius 2 is 2.10 bits per heavy atom. The molecule has 0 bridgehead atoms. The first-order chi connectivity index (χ1) is 10.1. The van der Waals surface area contributed by atoms with E-state index in [1.165, 1.54) is 7.11 Å². The Bertz CT molecular complexity index is 592. The molecule has 114 valence electrons. The van der Waals surface area contributed by atoms with Gasteiger partial charge in [-0.2, -0.15) is 8.78 Å². The molecular formula is C14H14BrF2NO2S. The van der Waals surface area contributed by atoms with Crippen LogP contribution < -0.4 is 14.8 Å². The van der Waals surface area contributed by atoms with Crippen molar-refractivity contribution in [2.24, 2.45) is 0 Å². The first-order valence-electron chi connectivity index (χ1n) is 6.15. The van der Waals surface area contributed by atoms with Gasteiger partial charge >= 0.3 is 6.61 Å². The molecule has 0 aliphatic carbocycles. The first-order valence-corrected chi connectivity index (χ1v) is 7.82. The molecule has 0 atom stereocenters. The van der Waals surface area contributed by atoms with Gasteiger partial charge in [0.2, 0.25) is 0 Å². The number of rotatable bonds is 7. The zero-order chi connectivity index (χ0) is 15.2. The normalized spacial score (nSPS) is 10.9. The average molecular weight is 378 g/mol. The molecule has 0 fully saturated rings. The minimum atomic E-state index is -2.88. The zero-order valence-corrected chi connectivity index (χ0v) is 13.6. The number of thiophene rings is 1. The third kappa shape index (κ3) is 4.39. The lowest BCUT2D eigenvalue weighted by molar-refractivity contribution is -0.0518. The molecule has 7 heteroatoms. The number of benzene rings is 1. The van der Waals surface area contributed by atoms with Crippen LogP contribution in [0, 0.1) is 0 Å². The third-order valence-corrected chi connectivity index (χ3v) is 4.71. The Hall–Kier alpha value is -1.18. The molecule has 0 spiro atoms. The van der Waals surface area contributed by atoms with E-state index in [2.05, 4.69) is 26.0 Å². The van der Waals surface area contributed by atoms with Crippen LogP contribution in [-0.2, 0) is 13.1 Å². The van der Waals surface area contributed by atoms with E-state index in [0.29, 0.717) is 24.4 Å². The second-order valence-corrected chi connectivity index (χ2v) is 5.98. The van der Waals surface area contributed by atoms with Gasteiger partial charge < -0.3 is 14.8 Å². The van der Waals surface area contributed by atoms with Crippen LogP contribution in [0.2, 0.25) is 0 Å². The van der Waals surface area contributed by atoms with Crippen molar-refractivity contribution in [2.45, 2.75) is 19.7 Å². The summed E-state index contributed by atoms with van der Waals surface area (Å²) < 4.78 is 35.7. The summed E-state index contributed by atoms with van der Waals surface area (Å²) in [7, 11) is 1.42. The highest BCUT2D eigenvalue weighted by atomic mass is 79.9. The number of hydrogen-bond donors (Lipinski definition) is 1. The van der Waals surface area contributed by atoms with Crippen LogP contribution >= 0.6 is 27.3 Å². The molecule has 0 radical (unpaired) electrons. The van der Waals surface area contributed by atoms with Gasteiger partial charge in [-0.3, -0.25) is 0 Å². The molecular weight excluding hydrogens is 364 g/mol. The lowest BCUT2D eigenvalue weighted by Crippen LogP contribution is -2.14. The molecule has 1 aromatic heterocycles. The summed E-state index contributed by atoms with van der Waals surface area (Å²) in [6, 6.07) is 7.04. The Morgan fingerprint density at radius 1 is 1.29 bits per heavy atom. The van der Waals surface area contributed by atoms with Crippen molar-refractivity contribution in [3.63, 3.8) is 0 Å². The largest absolute Gasteiger partial charge is 0.493 e. The molecule has 2 rings (SSSR count). The standard InChI is InChI=1S/C14H14BrF2NO2S/c1-19-11-4-2-3-9(13(11)20-14(16)17)7-18-8-12-10(15)5-6-21-12/h2-6,14,18H,7-8H2,1H3. The molecule has 1 N–H and O–H groups in total. The van der Waals surface area contributed by atoms with Crippen molar-refractivity contribution in [3.8, 4) is 11.5 Å². The first kappa shape index (κ1) is 16.2. The second kappa shape index (κ2) is 7.72. The van der Waals surface area contributed by atoms with E-state index in [4.69, 9.17) is 4.74 Å². The van der Waals surface area contributed by atoms with E-state index in [1.807, 2.05) is 11.4 Å². The van der Waals surface area contributed by atoms with Gasteiger partial charge in [0.25, 0.3) is 0 Å². The maximum Gasteiger partial charge on any atom is 0.387 e. The Kier molecular flexibility index (Phi) is 5.96. The summed E-state index contributed by atoms with van der Waals surface area (Å²) >= 11 is 5.07. The number of para-hydroxylation sites is 1. The highest BCUT2D eigenvalue weighted by Gasteiger charge is 2.15. The molecule has 0 aliphatic rings. The molecule has 1 heterocycles. The van der Waals surface area contributed by atoms with E-state index in [1.54, 1.807) is 29.5 Å². The number of nitrogens with one attached hydrogen (secondary N) is 1. The predicted octanol–water partition coefficient (Wildman–Crippen LogP) is 4.41. The predicted molar refractivity (Wildman–Crippen MR) is 82.2 cm³/mol. The van der Waals surface area contributed by atoms with E-state index >= 15 is 0 Å². The van der Waals surface area contributed by atoms with Crippen LogP contribution in [0.25, 0.3) is 0 Å². The molecule has 0 amide bonds. The molecule has 21 heavy (non-hydrogen) atoms. The van der Waals surface area contributed by atoms with Crippen LogP contribution in [0.15, 0.2) is 34.1 Å². The van der Waals surface area contributed by atoms with E-state index in [-0.39, 0.29) is 5.75 Å². The van der Waals surface area contributed by atoms with Crippen molar-refractivity contribution >= 4 is 27.3 Å². The Morgan fingerprint density at radius 3 is 2.71 bits per heavy atom. The Balaban J connectivity index is 2.06. The smallest absolute Gasteiger partial charge is 0.387 e. The topological polar surface area (TPSA) is 30.5 Å². The van der Waals surface area contributed by atoms with Gasteiger partial charge in [0.1, 0.15) is 0 Å². The SMILES string of the molecule is COc1cccc(CNCc2sccc2Br)c1OC(F)F. The van der Waals surface area contributed by atoms with Gasteiger partial charge in [0.05, 0.1) is 7.11 Å². The van der Waals surface area contributed by atoms with E-state index < -0.39 is 6.61 Å². The summed E-state index contributed by atoms with van der Waals surface area (Å²) in [5, 5.41) is 5.19. The minimum Gasteiger partial charge on any atom is -0.493 e. The van der Waals surface area contributed by atoms with Gasteiger partial charge in [0, 0.05) is 28.0 Å². The Labute approximate surface area is 134 Å². The molecule has 0 unspecified atom stereocenters. The number of ether oxygens (including phenoxy) is 2. The van der Waals surface area contributed by atoms with Gasteiger partial charge in [-0.15, -0.1) is 11.3 Å². The number of hydrogen-bond acceptors (Lipinski definition) is 4. The maximum atomic E-state index is 12.5. The summed E-state index contributed by atoms with van der Waals surface area (Å²) in [5.41, 5.74) is 0.627. The van der Waals surface area contributed by atoms with Gasteiger partial charge in [-0.05, 0) is 33.4 Å². The van der Waals surface area contributed by atoms with E-state index in [0.717, 1.165) is 9.35 Å². The number of halogens is 3. The lowest BCUT2D eigenvalue weighted by atomic mass is 10.2. The second-order valence-electron chi connectivity index (χ2n) is 4.12. The highest BCUT2D eigenvalue weighted by Crippen LogP contribution is 2.32. The van der Waals surface area contributed by atoms with Gasteiger partial charge in [-0.25, -0.2) is 0 Å². The van der Waals surface area contributed by atoms with Gasteiger partial charge in [0.15, 0.2) is 11.5 Å². The summed E-state index contributed by atoms with van der Waals surface area (Å²) in [6.07, 6.45) is 0. The van der Waals surface area contributed by atoms with Crippen molar-refractivity contribution in [1.82, 2.24) is 5.32 Å². The molecule has 1 aromatic carbocycles. The maximum absolute atomic E-state index is 12.5. The molecule has 0 aliphatic heterocycles. The molecule has 2 aromatic rings. The number of alkyl halides is 2. The van der Waals surface area contributed by atoms with Crippen LogP contribution in [0.5, 0.6) is 11.5 Å². The van der Waals surface area contributed by atoms with Crippen LogP contribution in [0.4, 0.5) is 8.78 Å². The summed E-state index contributed by atoms with van der Waals surface area (Å²) in [6.45, 7) is -1.83. The molecule has 3 nitrogen and oxygen atoms in total. The summed E-state index contributed by atoms with van der Waals surface area (Å²) in [4.78, 5) is 1.15. The molecule has 0 saturated carbocycles. The fourth-order valence-electron chi connectivity index (χ4n) is 1.85. The summed E-state index contributed by atoms with van der Waals surface area (Å²) in [5.74, 6) is 0.375. The fourth-order valence-corrected chi connectivity index (χ4v) is 3.31.